The predicted molar refractivity (Wildman–Crippen MR) is 81.5 cm³/mol. The molecule has 0 atom stereocenters. The molecule has 0 spiro atoms. The Hall–Kier alpha value is -0.850. The molecule has 0 aliphatic carbocycles. The van der Waals surface area contributed by atoms with E-state index in [0.717, 1.165) is 18.5 Å². The summed E-state index contributed by atoms with van der Waals surface area (Å²) in [5.74, 6) is -0.287. The lowest BCUT2D eigenvalue weighted by Gasteiger charge is -2.04. The summed E-state index contributed by atoms with van der Waals surface area (Å²) in [4.78, 5) is 26.2. The molecule has 0 saturated carbocycles. The van der Waals surface area contributed by atoms with Gasteiger partial charge in [-0.2, -0.15) is 0 Å². The second kappa shape index (κ2) is 8.29. The van der Waals surface area contributed by atoms with Crippen LogP contribution in [0.5, 0.6) is 0 Å². The molecular formula is C13H19IN2O2. The first kappa shape index (κ1) is 15.2. The fraction of sp³-hybridized carbons (Fsp3) is 0.538. The van der Waals surface area contributed by atoms with Gasteiger partial charge in [-0.3, -0.25) is 9.59 Å². The summed E-state index contributed by atoms with van der Waals surface area (Å²) in [6.45, 7) is 2.42. The normalized spacial score (nSPS) is 10.3. The van der Waals surface area contributed by atoms with Crippen molar-refractivity contribution in [2.24, 2.45) is 0 Å². The Morgan fingerprint density at radius 2 is 2.06 bits per heavy atom. The monoisotopic (exact) mass is 362 g/mol. The summed E-state index contributed by atoms with van der Waals surface area (Å²) in [6.07, 6.45) is 5.98. The van der Waals surface area contributed by atoms with Gasteiger partial charge in [-0.1, -0.05) is 35.4 Å². The first-order valence-electron chi connectivity index (χ1n) is 6.18. The highest BCUT2D eigenvalue weighted by molar-refractivity contribution is 14.1. The molecule has 18 heavy (non-hydrogen) atoms. The van der Waals surface area contributed by atoms with E-state index in [2.05, 4.69) is 32.9 Å². The number of nitrogens with one attached hydrogen (secondary N) is 2. The topological polar surface area (TPSA) is 62.0 Å². The molecule has 1 aromatic rings. The Bertz CT molecular complexity index is 443. The highest BCUT2D eigenvalue weighted by atomic mass is 127. The highest BCUT2D eigenvalue weighted by Gasteiger charge is 2.08. The summed E-state index contributed by atoms with van der Waals surface area (Å²) in [6, 6.07) is 1.44. The Labute approximate surface area is 121 Å². The van der Waals surface area contributed by atoms with Crippen molar-refractivity contribution in [2.45, 2.75) is 32.6 Å². The smallest absolute Gasteiger partial charge is 0.256 e. The van der Waals surface area contributed by atoms with Gasteiger partial charge >= 0.3 is 0 Å². The van der Waals surface area contributed by atoms with Gasteiger partial charge in [-0.05, 0) is 24.2 Å². The maximum Gasteiger partial charge on any atom is 0.256 e. The standard InChI is InChI=1S/C13H19IN2O2/c1-10-8-12(17)11(9-16-10)13(18)15-7-5-3-2-4-6-14/h8-9H,2-7H2,1H3,(H,15,18)(H,16,17). The lowest BCUT2D eigenvalue weighted by molar-refractivity contribution is 0.0951. The number of aromatic amines is 1. The first-order valence-corrected chi connectivity index (χ1v) is 7.71. The maximum absolute atomic E-state index is 11.7. The van der Waals surface area contributed by atoms with Crippen LogP contribution in [0.15, 0.2) is 17.1 Å². The summed E-state index contributed by atoms with van der Waals surface area (Å²) in [5.41, 5.74) is 0.719. The molecule has 5 heteroatoms. The lowest BCUT2D eigenvalue weighted by Crippen LogP contribution is -2.29. The van der Waals surface area contributed by atoms with Crippen LogP contribution in [0.1, 0.15) is 41.7 Å². The van der Waals surface area contributed by atoms with E-state index in [9.17, 15) is 9.59 Å². The van der Waals surface area contributed by atoms with Gasteiger partial charge in [0.05, 0.1) is 0 Å². The number of H-pyrrole nitrogens is 1. The number of halogens is 1. The predicted octanol–water partition coefficient (Wildman–Crippen LogP) is 2.41. The second-order valence-corrected chi connectivity index (χ2v) is 5.33. The van der Waals surface area contributed by atoms with Crippen molar-refractivity contribution in [1.82, 2.24) is 10.3 Å². The van der Waals surface area contributed by atoms with Crippen LogP contribution in [-0.2, 0) is 0 Å². The van der Waals surface area contributed by atoms with Crippen LogP contribution in [-0.4, -0.2) is 21.9 Å². The number of pyridine rings is 1. The zero-order valence-electron chi connectivity index (χ0n) is 10.6. The van der Waals surface area contributed by atoms with Gasteiger partial charge in [0.1, 0.15) is 5.56 Å². The van der Waals surface area contributed by atoms with E-state index in [1.54, 1.807) is 6.92 Å². The summed E-state index contributed by atoms with van der Waals surface area (Å²) >= 11 is 2.37. The van der Waals surface area contributed by atoms with Crippen LogP contribution >= 0.6 is 22.6 Å². The average molecular weight is 362 g/mol. The van der Waals surface area contributed by atoms with Crippen LogP contribution in [0.2, 0.25) is 0 Å². The number of alkyl halides is 1. The minimum atomic E-state index is -0.287. The van der Waals surface area contributed by atoms with Gasteiger partial charge in [0, 0.05) is 24.5 Å². The second-order valence-electron chi connectivity index (χ2n) is 4.25. The van der Waals surface area contributed by atoms with Gasteiger partial charge in [0.15, 0.2) is 5.43 Å². The number of hydrogen-bond donors (Lipinski definition) is 2. The molecule has 0 bridgehead atoms. The van der Waals surface area contributed by atoms with Crippen LogP contribution in [0.4, 0.5) is 0 Å². The number of rotatable bonds is 7. The quantitative estimate of drug-likeness (QED) is 0.445. The Kier molecular flexibility index (Phi) is 7.00. The molecule has 0 saturated heterocycles. The molecule has 0 aliphatic rings. The molecule has 1 amide bonds. The van der Waals surface area contributed by atoms with Crippen LogP contribution in [0.25, 0.3) is 0 Å². The third-order valence-corrected chi connectivity index (χ3v) is 3.41. The summed E-state index contributed by atoms with van der Waals surface area (Å²) in [5, 5.41) is 2.78. The molecule has 4 nitrogen and oxygen atoms in total. The number of aryl methyl sites for hydroxylation is 1. The Morgan fingerprint density at radius 1 is 1.33 bits per heavy atom. The molecule has 2 N–H and O–H groups in total. The van der Waals surface area contributed by atoms with Crippen LogP contribution in [0.3, 0.4) is 0 Å². The third-order valence-electron chi connectivity index (χ3n) is 2.65. The molecule has 1 rings (SSSR count). The van der Waals surface area contributed by atoms with E-state index >= 15 is 0 Å². The van der Waals surface area contributed by atoms with E-state index in [0.29, 0.717) is 6.54 Å². The third kappa shape index (κ3) is 5.20. The number of unbranched alkanes of at least 4 members (excludes halogenated alkanes) is 3. The molecule has 0 unspecified atom stereocenters. The molecule has 0 aliphatic heterocycles. The molecule has 1 aromatic heterocycles. The molecule has 1 heterocycles. The molecule has 0 radical (unpaired) electrons. The largest absolute Gasteiger partial charge is 0.364 e. The Balaban J connectivity index is 2.34. The van der Waals surface area contributed by atoms with Crippen molar-refractivity contribution in [3.63, 3.8) is 0 Å². The molecule has 0 aromatic carbocycles. The fourth-order valence-electron chi connectivity index (χ4n) is 1.62. The minimum Gasteiger partial charge on any atom is -0.364 e. The van der Waals surface area contributed by atoms with Crippen molar-refractivity contribution in [3.8, 4) is 0 Å². The van der Waals surface area contributed by atoms with E-state index in [-0.39, 0.29) is 16.9 Å². The zero-order valence-corrected chi connectivity index (χ0v) is 12.7. The molecule has 0 fully saturated rings. The summed E-state index contributed by atoms with van der Waals surface area (Å²) < 4.78 is 1.18. The van der Waals surface area contributed by atoms with Gasteiger partial charge in [0.2, 0.25) is 0 Å². The first-order chi connectivity index (χ1) is 8.65. The highest BCUT2D eigenvalue weighted by Crippen LogP contribution is 2.01. The van der Waals surface area contributed by atoms with Crippen LogP contribution in [0, 0.1) is 6.92 Å². The molecule has 100 valence electrons. The molecular weight excluding hydrogens is 343 g/mol. The van der Waals surface area contributed by atoms with Gasteiger partial charge in [-0.15, -0.1) is 0 Å². The van der Waals surface area contributed by atoms with Gasteiger partial charge in [0.25, 0.3) is 5.91 Å². The van der Waals surface area contributed by atoms with Gasteiger partial charge in [-0.25, -0.2) is 0 Å². The Morgan fingerprint density at radius 3 is 2.72 bits per heavy atom. The van der Waals surface area contributed by atoms with E-state index in [4.69, 9.17) is 0 Å². The van der Waals surface area contributed by atoms with E-state index < -0.39 is 0 Å². The van der Waals surface area contributed by atoms with E-state index in [1.807, 2.05) is 0 Å². The van der Waals surface area contributed by atoms with E-state index in [1.165, 1.54) is 29.5 Å². The maximum atomic E-state index is 11.7. The number of amides is 1. The van der Waals surface area contributed by atoms with Crippen molar-refractivity contribution >= 4 is 28.5 Å². The van der Waals surface area contributed by atoms with Gasteiger partial charge < -0.3 is 10.3 Å². The average Bonchev–Trinajstić information content (AvgIpc) is 2.33. The SMILES string of the molecule is Cc1cc(=O)c(C(=O)NCCCCCCI)c[nH]1. The van der Waals surface area contributed by atoms with Crippen molar-refractivity contribution in [1.29, 1.82) is 0 Å². The van der Waals surface area contributed by atoms with Crippen molar-refractivity contribution < 1.29 is 4.79 Å². The summed E-state index contributed by atoms with van der Waals surface area (Å²) in [7, 11) is 0. The fourth-order valence-corrected chi connectivity index (χ4v) is 2.16. The number of carbonyl (C=O) groups is 1. The van der Waals surface area contributed by atoms with Crippen molar-refractivity contribution in [3.05, 3.63) is 33.7 Å². The minimum absolute atomic E-state index is 0.188. The van der Waals surface area contributed by atoms with Crippen molar-refractivity contribution in [2.75, 3.05) is 11.0 Å². The number of aromatic nitrogens is 1. The zero-order chi connectivity index (χ0) is 13.4. The number of hydrogen-bond acceptors (Lipinski definition) is 2. The lowest BCUT2D eigenvalue weighted by atomic mass is 10.2. The van der Waals surface area contributed by atoms with Crippen LogP contribution < -0.4 is 10.7 Å². The number of carbonyl (C=O) groups excluding carboxylic acids is 1.